The van der Waals surface area contributed by atoms with Crippen LogP contribution in [0.15, 0.2) is 109 Å². The molecule has 36 heavy (non-hydrogen) atoms. The smallest absolute Gasteiger partial charge is 0.248 e. The quantitative estimate of drug-likeness (QED) is 0.240. The van der Waals surface area contributed by atoms with Gasteiger partial charge in [-0.3, -0.25) is 14.4 Å². The van der Waals surface area contributed by atoms with E-state index in [4.69, 9.17) is 34.4 Å². The number of hydrogen-bond acceptors (Lipinski definition) is 6. The van der Waals surface area contributed by atoms with Crippen molar-refractivity contribution in [3.05, 3.63) is 126 Å². The lowest BCUT2D eigenvalue weighted by molar-refractivity contribution is 0.0992. The minimum absolute atomic E-state index is 0.431. The highest BCUT2D eigenvalue weighted by atomic mass is 16.1. The first-order valence-corrected chi connectivity index (χ1v) is 10.6. The van der Waals surface area contributed by atoms with Gasteiger partial charge in [-0.05, 0) is 72.8 Å². The molecule has 0 heterocycles. The third kappa shape index (κ3) is 12.1. The largest absolute Gasteiger partial charge is 0.399 e. The fourth-order valence-electron chi connectivity index (χ4n) is 2.33. The van der Waals surface area contributed by atoms with Crippen molar-refractivity contribution >= 4 is 34.8 Å². The molecule has 0 aliphatic carbocycles. The Morgan fingerprint density at radius 3 is 0.667 bits per heavy atom. The van der Waals surface area contributed by atoms with Crippen LogP contribution < -0.4 is 34.4 Å². The van der Waals surface area contributed by atoms with Gasteiger partial charge in [0, 0.05) is 33.8 Å². The summed E-state index contributed by atoms with van der Waals surface area (Å²) >= 11 is 0. The Bertz CT molecular complexity index is 1050. The first-order valence-electron chi connectivity index (χ1n) is 10.6. The van der Waals surface area contributed by atoms with Crippen LogP contribution in [0, 0.1) is 0 Å². The van der Waals surface area contributed by atoms with Crippen molar-refractivity contribution in [1.29, 1.82) is 0 Å². The maximum atomic E-state index is 10.5. The van der Waals surface area contributed by atoms with Gasteiger partial charge in [0.05, 0.1) is 0 Å². The highest BCUT2D eigenvalue weighted by Gasteiger charge is 1.97. The first-order chi connectivity index (χ1) is 17.1. The predicted molar refractivity (Wildman–Crippen MR) is 145 cm³/mol. The molecular weight excluding hydrogens is 456 g/mol. The predicted octanol–water partition coefficient (Wildman–Crippen LogP) is 2.79. The van der Waals surface area contributed by atoms with Crippen LogP contribution in [0.25, 0.3) is 0 Å². The Kier molecular flexibility index (Phi) is 12.4. The SMILES string of the molecule is NC(=O)c1ccc(N)cc1.NC(=O)c1ccc(N)cc1.NC(=O)c1ccc(N)cc1.c1ccccc1. The lowest BCUT2D eigenvalue weighted by Crippen LogP contribution is -2.10. The van der Waals surface area contributed by atoms with Gasteiger partial charge >= 0.3 is 0 Å². The molecule has 0 spiro atoms. The van der Waals surface area contributed by atoms with Gasteiger partial charge in [0.15, 0.2) is 0 Å². The van der Waals surface area contributed by atoms with Gasteiger partial charge in [-0.1, -0.05) is 36.4 Å². The number of hydrogen-bond donors (Lipinski definition) is 6. The summed E-state index contributed by atoms with van der Waals surface area (Å²) in [5.41, 5.74) is 34.4. The molecule has 4 aromatic carbocycles. The molecule has 4 rings (SSSR count). The van der Waals surface area contributed by atoms with E-state index < -0.39 is 17.7 Å². The second-order valence-electron chi connectivity index (χ2n) is 7.11. The summed E-state index contributed by atoms with van der Waals surface area (Å²) in [6.45, 7) is 0. The van der Waals surface area contributed by atoms with E-state index in [0.29, 0.717) is 33.8 Å². The van der Waals surface area contributed by atoms with E-state index >= 15 is 0 Å². The third-order valence-electron chi connectivity index (χ3n) is 4.25. The van der Waals surface area contributed by atoms with E-state index in [1.54, 1.807) is 72.8 Å². The van der Waals surface area contributed by atoms with Crippen LogP contribution in [-0.4, -0.2) is 17.7 Å². The zero-order chi connectivity index (χ0) is 26.9. The van der Waals surface area contributed by atoms with Gasteiger partial charge in [0.25, 0.3) is 0 Å². The van der Waals surface area contributed by atoms with Gasteiger partial charge in [0.1, 0.15) is 0 Å². The topological polar surface area (TPSA) is 207 Å². The second-order valence-corrected chi connectivity index (χ2v) is 7.11. The number of carbonyl (C=O) groups excluding carboxylic acids is 3. The normalized spacial score (nSPS) is 9.00. The van der Waals surface area contributed by atoms with Crippen LogP contribution in [0.4, 0.5) is 17.1 Å². The van der Waals surface area contributed by atoms with Crippen LogP contribution >= 0.6 is 0 Å². The number of rotatable bonds is 3. The molecule has 3 amide bonds. The minimum Gasteiger partial charge on any atom is -0.399 e. The van der Waals surface area contributed by atoms with Crippen molar-refractivity contribution in [2.24, 2.45) is 17.2 Å². The second kappa shape index (κ2) is 15.5. The number of carbonyl (C=O) groups is 3. The number of nitrogens with two attached hydrogens (primary N) is 6. The fraction of sp³-hybridized carbons (Fsp3) is 0. The Morgan fingerprint density at radius 2 is 0.528 bits per heavy atom. The number of primary amides is 3. The lowest BCUT2D eigenvalue weighted by Gasteiger charge is -1.93. The molecule has 0 saturated carbocycles. The van der Waals surface area contributed by atoms with Gasteiger partial charge in [-0.2, -0.15) is 0 Å². The molecule has 0 aliphatic heterocycles. The summed E-state index contributed by atoms with van der Waals surface area (Å²) in [6, 6.07) is 31.4. The molecule has 9 heteroatoms. The zero-order valence-corrected chi connectivity index (χ0v) is 19.6. The molecule has 0 bridgehead atoms. The zero-order valence-electron chi connectivity index (χ0n) is 19.6. The van der Waals surface area contributed by atoms with Crippen molar-refractivity contribution in [2.45, 2.75) is 0 Å². The van der Waals surface area contributed by atoms with Crippen molar-refractivity contribution in [2.75, 3.05) is 17.2 Å². The summed E-state index contributed by atoms with van der Waals surface area (Å²) in [7, 11) is 0. The lowest BCUT2D eigenvalue weighted by atomic mass is 10.2. The summed E-state index contributed by atoms with van der Waals surface area (Å²) in [5.74, 6) is -1.29. The number of amides is 3. The molecule has 9 nitrogen and oxygen atoms in total. The van der Waals surface area contributed by atoms with E-state index in [1.165, 1.54) is 0 Å². The van der Waals surface area contributed by atoms with Crippen LogP contribution in [-0.2, 0) is 0 Å². The van der Waals surface area contributed by atoms with Gasteiger partial charge < -0.3 is 34.4 Å². The minimum atomic E-state index is -0.431. The summed E-state index contributed by atoms with van der Waals surface area (Å²) in [5, 5.41) is 0. The van der Waals surface area contributed by atoms with E-state index in [0.717, 1.165) is 0 Å². The van der Waals surface area contributed by atoms with E-state index in [2.05, 4.69) is 0 Å². The molecule has 0 radical (unpaired) electrons. The van der Waals surface area contributed by atoms with E-state index in [-0.39, 0.29) is 0 Å². The Labute approximate surface area is 209 Å². The maximum Gasteiger partial charge on any atom is 0.248 e. The molecule has 0 aliphatic rings. The molecule has 186 valence electrons. The Morgan fingerprint density at radius 1 is 0.361 bits per heavy atom. The van der Waals surface area contributed by atoms with Gasteiger partial charge in [-0.15, -0.1) is 0 Å². The van der Waals surface area contributed by atoms with E-state index in [9.17, 15) is 14.4 Å². The standard InChI is InChI=1S/3C7H8N2O.C6H6/c3*8-6-3-1-5(2-4-6)7(9)10;1-2-4-6-5-3-1/h3*1-4H,8H2,(H2,9,10);1-6H. The Balaban J connectivity index is 0.000000244. The highest BCUT2D eigenvalue weighted by Crippen LogP contribution is 2.05. The summed E-state index contributed by atoms with van der Waals surface area (Å²) in [4.78, 5) is 31.5. The van der Waals surface area contributed by atoms with Crippen molar-refractivity contribution < 1.29 is 14.4 Å². The van der Waals surface area contributed by atoms with E-state index in [1.807, 2.05) is 36.4 Å². The molecule has 12 N–H and O–H groups in total. The molecule has 0 atom stereocenters. The van der Waals surface area contributed by atoms with Crippen molar-refractivity contribution in [3.63, 3.8) is 0 Å². The first kappa shape index (κ1) is 28.7. The van der Waals surface area contributed by atoms with Gasteiger partial charge in [0.2, 0.25) is 17.7 Å². The molecule has 4 aromatic rings. The summed E-state index contributed by atoms with van der Waals surface area (Å²) in [6.07, 6.45) is 0. The van der Waals surface area contributed by atoms with Crippen LogP contribution in [0.2, 0.25) is 0 Å². The third-order valence-corrected chi connectivity index (χ3v) is 4.25. The summed E-state index contributed by atoms with van der Waals surface area (Å²) < 4.78 is 0. The monoisotopic (exact) mass is 486 g/mol. The average Bonchev–Trinajstić information content (AvgIpc) is 2.87. The average molecular weight is 487 g/mol. The van der Waals surface area contributed by atoms with Crippen LogP contribution in [0.1, 0.15) is 31.1 Å². The number of nitrogen functional groups attached to an aromatic ring is 3. The fourth-order valence-corrected chi connectivity index (χ4v) is 2.33. The highest BCUT2D eigenvalue weighted by molar-refractivity contribution is 5.93. The van der Waals surface area contributed by atoms with Crippen LogP contribution in [0.3, 0.4) is 0 Å². The number of anilines is 3. The van der Waals surface area contributed by atoms with Crippen LogP contribution in [0.5, 0.6) is 0 Å². The Hall–Kier alpha value is -5.31. The molecule has 0 unspecified atom stereocenters. The molecule has 0 fully saturated rings. The molecule has 0 aromatic heterocycles. The van der Waals surface area contributed by atoms with Gasteiger partial charge in [-0.25, -0.2) is 0 Å². The number of benzene rings is 4. The van der Waals surface area contributed by atoms with Crippen molar-refractivity contribution in [3.8, 4) is 0 Å². The molecular formula is C27H30N6O3. The maximum absolute atomic E-state index is 10.5. The molecule has 0 saturated heterocycles. The van der Waals surface area contributed by atoms with Crippen molar-refractivity contribution in [1.82, 2.24) is 0 Å².